The van der Waals surface area contributed by atoms with Crippen molar-refractivity contribution in [1.29, 1.82) is 0 Å². The predicted octanol–water partition coefficient (Wildman–Crippen LogP) is 2.71. The SMILES string of the molecule is Cc1[nH]c2ccccc2c1C(=O)NCCC(C)(C)C(=O)O. The van der Waals surface area contributed by atoms with Crippen molar-refractivity contribution in [3.05, 3.63) is 35.5 Å². The van der Waals surface area contributed by atoms with Crippen LogP contribution in [0, 0.1) is 12.3 Å². The number of carbonyl (C=O) groups is 2. The van der Waals surface area contributed by atoms with Crippen LogP contribution in [0.25, 0.3) is 10.9 Å². The molecule has 21 heavy (non-hydrogen) atoms. The van der Waals surface area contributed by atoms with Gasteiger partial charge in [-0.05, 0) is 33.3 Å². The molecule has 1 aromatic carbocycles. The van der Waals surface area contributed by atoms with Crippen molar-refractivity contribution in [1.82, 2.24) is 10.3 Å². The Bertz CT molecular complexity index is 686. The van der Waals surface area contributed by atoms with Crippen LogP contribution >= 0.6 is 0 Å². The summed E-state index contributed by atoms with van der Waals surface area (Å²) in [6.07, 6.45) is 0.384. The van der Waals surface area contributed by atoms with Crippen molar-refractivity contribution in [3.8, 4) is 0 Å². The Morgan fingerprint density at radius 1 is 1.29 bits per heavy atom. The monoisotopic (exact) mass is 288 g/mol. The van der Waals surface area contributed by atoms with E-state index < -0.39 is 11.4 Å². The van der Waals surface area contributed by atoms with Gasteiger partial charge in [0.1, 0.15) is 0 Å². The van der Waals surface area contributed by atoms with Gasteiger partial charge in [0.15, 0.2) is 0 Å². The third kappa shape index (κ3) is 3.07. The van der Waals surface area contributed by atoms with Crippen molar-refractivity contribution < 1.29 is 14.7 Å². The highest BCUT2D eigenvalue weighted by atomic mass is 16.4. The lowest BCUT2D eigenvalue weighted by molar-refractivity contribution is -0.147. The molecule has 5 nitrogen and oxygen atoms in total. The van der Waals surface area contributed by atoms with E-state index in [2.05, 4.69) is 10.3 Å². The second-order valence-corrected chi connectivity index (χ2v) is 5.87. The highest BCUT2D eigenvalue weighted by Crippen LogP contribution is 2.22. The van der Waals surface area contributed by atoms with Gasteiger partial charge in [-0.25, -0.2) is 0 Å². The van der Waals surface area contributed by atoms with Gasteiger partial charge in [0.25, 0.3) is 5.91 Å². The minimum Gasteiger partial charge on any atom is -0.481 e. The van der Waals surface area contributed by atoms with Crippen LogP contribution in [0.15, 0.2) is 24.3 Å². The lowest BCUT2D eigenvalue weighted by atomic mass is 9.89. The van der Waals surface area contributed by atoms with E-state index in [0.29, 0.717) is 18.5 Å². The van der Waals surface area contributed by atoms with Gasteiger partial charge in [0, 0.05) is 23.1 Å². The molecule has 1 amide bonds. The molecule has 0 aliphatic heterocycles. The molecule has 2 rings (SSSR count). The second-order valence-electron chi connectivity index (χ2n) is 5.87. The predicted molar refractivity (Wildman–Crippen MR) is 81.4 cm³/mol. The Balaban J connectivity index is 2.10. The number of H-pyrrole nitrogens is 1. The first-order chi connectivity index (χ1) is 9.83. The summed E-state index contributed by atoms with van der Waals surface area (Å²) in [5.41, 5.74) is 1.51. The molecule has 5 heteroatoms. The summed E-state index contributed by atoms with van der Waals surface area (Å²) >= 11 is 0. The molecular formula is C16H20N2O3. The largest absolute Gasteiger partial charge is 0.481 e. The van der Waals surface area contributed by atoms with Gasteiger partial charge in [0.2, 0.25) is 0 Å². The van der Waals surface area contributed by atoms with Crippen LogP contribution in [-0.4, -0.2) is 28.5 Å². The van der Waals surface area contributed by atoms with E-state index in [1.807, 2.05) is 31.2 Å². The first-order valence-corrected chi connectivity index (χ1v) is 6.92. The molecule has 1 aromatic heterocycles. The van der Waals surface area contributed by atoms with E-state index in [9.17, 15) is 9.59 Å². The summed E-state index contributed by atoms with van der Waals surface area (Å²) in [5, 5.41) is 12.7. The van der Waals surface area contributed by atoms with E-state index in [0.717, 1.165) is 16.6 Å². The van der Waals surface area contributed by atoms with Crippen LogP contribution < -0.4 is 5.32 Å². The molecular weight excluding hydrogens is 268 g/mol. The number of carbonyl (C=O) groups excluding carboxylic acids is 1. The van der Waals surface area contributed by atoms with Gasteiger partial charge in [-0.3, -0.25) is 9.59 Å². The maximum Gasteiger partial charge on any atom is 0.309 e. The molecule has 0 saturated heterocycles. The van der Waals surface area contributed by atoms with Crippen LogP contribution in [0.5, 0.6) is 0 Å². The normalized spacial score (nSPS) is 11.6. The zero-order valence-electron chi connectivity index (χ0n) is 12.5. The van der Waals surface area contributed by atoms with Gasteiger partial charge in [0.05, 0.1) is 11.0 Å². The topological polar surface area (TPSA) is 82.2 Å². The van der Waals surface area contributed by atoms with Crippen molar-refractivity contribution in [3.63, 3.8) is 0 Å². The maximum atomic E-state index is 12.3. The van der Waals surface area contributed by atoms with Gasteiger partial charge in [-0.15, -0.1) is 0 Å². The lowest BCUT2D eigenvalue weighted by Gasteiger charge is -2.18. The molecule has 0 spiro atoms. The minimum atomic E-state index is -0.861. The molecule has 0 fully saturated rings. The Morgan fingerprint density at radius 2 is 1.95 bits per heavy atom. The number of carboxylic acids is 1. The van der Waals surface area contributed by atoms with Gasteiger partial charge >= 0.3 is 5.97 Å². The van der Waals surface area contributed by atoms with E-state index in [1.54, 1.807) is 13.8 Å². The summed E-state index contributed by atoms with van der Waals surface area (Å²) in [4.78, 5) is 26.5. The Labute approximate surface area is 123 Å². The third-order valence-electron chi connectivity index (χ3n) is 3.74. The zero-order chi connectivity index (χ0) is 15.6. The number of aryl methyl sites for hydroxylation is 1. The number of aliphatic carboxylic acids is 1. The number of aromatic nitrogens is 1. The summed E-state index contributed by atoms with van der Waals surface area (Å²) in [5.74, 6) is -1.04. The van der Waals surface area contributed by atoms with Crippen molar-refractivity contribution in [2.45, 2.75) is 27.2 Å². The zero-order valence-corrected chi connectivity index (χ0v) is 12.5. The van der Waals surface area contributed by atoms with Crippen molar-refractivity contribution in [2.75, 3.05) is 6.54 Å². The van der Waals surface area contributed by atoms with Crippen LogP contribution in [0.3, 0.4) is 0 Å². The molecule has 2 aromatic rings. The number of hydrogen-bond donors (Lipinski definition) is 3. The van der Waals surface area contributed by atoms with Crippen LogP contribution in [0.1, 0.15) is 36.3 Å². The number of benzene rings is 1. The standard InChI is InChI=1S/C16H20N2O3/c1-10-13(11-6-4-5-7-12(11)18-10)14(19)17-9-8-16(2,3)15(20)21/h4-7,18H,8-9H2,1-3H3,(H,17,19)(H,20,21). The highest BCUT2D eigenvalue weighted by molar-refractivity contribution is 6.08. The first-order valence-electron chi connectivity index (χ1n) is 6.92. The number of aromatic amines is 1. The fraction of sp³-hybridized carbons (Fsp3) is 0.375. The minimum absolute atomic E-state index is 0.175. The number of fused-ring (bicyclic) bond motifs is 1. The van der Waals surface area contributed by atoms with Crippen LogP contribution in [0.2, 0.25) is 0 Å². The van der Waals surface area contributed by atoms with E-state index >= 15 is 0 Å². The number of nitrogens with one attached hydrogen (secondary N) is 2. The van der Waals surface area contributed by atoms with Crippen LogP contribution in [0.4, 0.5) is 0 Å². The average Bonchev–Trinajstić information content (AvgIpc) is 2.74. The van der Waals surface area contributed by atoms with Gasteiger partial charge in [-0.1, -0.05) is 18.2 Å². The number of rotatable bonds is 5. The summed E-state index contributed by atoms with van der Waals surface area (Å²) in [6.45, 7) is 5.49. The first kappa shape index (κ1) is 15.1. The quantitative estimate of drug-likeness (QED) is 0.791. The molecule has 112 valence electrons. The fourth-order valence-electron chi connectivity index (χ4n) is 2.25. The second kappa shape index (κ2) is 5.60. The molecule has 0 saturated carbocycles. The van der Waals surface area contributed by atoms with Crippen molar-refractivity contribution >= 4 is 22.8 Å². The maximum absolute atomic E-state index is 12.3. The molecule has 0 unspecified atom stereocenters. The van der Waals surface area contributed by atoms with Crippen molar-refractivity contribution in [2.24, 2.45) is 5.41 Å². The molecule has 0 atom stereocenters. The molecule has 0 aliphatic rings. The molecule has 1 heterocycles. The Kier molecular flexibility index (Phi) is 4.02. The molecule has 0 bridgehead atoms. The molecule has 3 N–H and O–H groups in total. The third-order valence-corrected chi connectivity index (χ3v) is 3.74. The highest BCUT2D eigenvalue weighted by Gasteiger charge is 2.27. The number of para-hydroxylation sites is 1. The van der Waals surface area contributed by atoms with E-state index in [4.69, 9.17) is 5.11 Å². The molecule has 0 radical (unpaired) electrons. The summed E-state index contributed by atoms with van der Waals surface area (Å²) < 4.78 is 0. The molecule has 0 aliphatic carbocycles. The summed E-state index contributed by atoms with van der Waals surface area (Å²) in [7, 11) is 0. The fourth-order valence-corrected chi connectivity index (χ4v) is 2.25. The van der Waals surface area contributed by atoms with E-state index in [1.165, 1.54) is 0 Å². The summed E-state index contributed by atoms with van der Waals surface area (Å²) in [6, 6.07) is 7.62. The number of amides is 1. The van der Waals surface area contributed by atoms with Gasteiger partial charge < -0.3 is 15.4 Å². The smallest absolute Gasteiger partial charge is 0.309 e. The van der Waals surface area contributed by atoms with E-state index in [-0.39, 0.29) is 5.91 Å². The average molecular weight is 288 g/mol. The van der Waals surface area contributed by atoms with Gasteiger partial charge in [-0.2, -0.15) is 0 Å². The Hall–Kier alpha value is -2.30. The van der Waals surface area contributed by atoms with Crippen LogP contribution in [-0.2, 0) is 4.79 Å². The number of carboxylic acid groups (broad SMARTS) is 1. The lowest BCUT2D eigenvalue weighted by Crippen LogP contribution is -2.32. The Morgan fingerprint density at radius 3 is 2.62 bits per heavy atom. The number of hydrogen-bond acceptors (Lipinski definition) is 2.